The first kappa shape index (κ1) is 24.4. The number of imidazole rings is 1. The Bertz CT molecular complexity index is 1620. The molecule has 0 radical (unpaired) electrons. The summed E-state index contributed by atoms with van der Waals surface area (Å²) >= 11 is 3.68. The molecule has 0 saturated heterocycles. The van der Waals surface area contributed by atoms with Crippen LogP contribution in [0.3, 0.4) is 0 Å². The maximum atomic E-state index is 12.9. The lowest BCUT2D eigenvalue weighted by Gasteiger charge is -2.11. The maximum absolute atomic E-state index is 12.9. The molecular weight excluding hydrogens is 540 g/mol. The van der Waals surface area contributed by atoms with Gasteiger partial charge in [-0.15, -0.1) is 0 Å². The minimum absolute atomic E-state index is 0.139. The van der Waals surface area contributed by atoms with Crippen molar-refractivity contribution in [3.05, 3.63) is 75.3 Å². The van der Waals surface area contributed by atoms with Crippen LogP contribution in [-0.4, -0.2) is 42.0 Å². The van der Waals surface area contributed by atoms with Crippen LogP contribution < -0.4 is 11.1 Å². The highest BCUT2D eigenvalue weighted by Crippen LogP contribution is 2.39. The summed E-state index contributed by atoms with van der Waals surface area (Å²) < 4.78 is 8.77. The Morgan fingerprint density at radius 2 is 2.03 bits per heavy atom. The van der Waals surface area contributed by atoms with E-state index in [0.29, 0.717) is 44.9 Å². The molecule has 3 heterocycles. The van der Waals surface area contributed by atoms with Crippen LogP contribution in [0.2, 0.25) is 0 Å². The Morgan fingerprint density at radius 3 is 2.76 bits per heavy atom. The molecule has 5 aromatic rings. The predicted octanol–water partition coefficient (Wildman–Crippen LogP) is 4.23. The molecule has 0 spiro atoms. The topological polar surface area (TPSA) is 158 Å². The SMILES string of the molecule is CCCc1nc(C)c(C(N)=O)n1Cc1ccc2oc(-c3ccccc3C(=O)Nc3nnn[nH]3)c(Br)c2c1. The Morgan fingerprint density at radius 1 is 1.22 bits per heavy atom. The molecule has 0 atom stereocenters. The number of nitrogens with one attached hydrogen (secondary N) is 2. The van der Waals surface area contributed by atoms with E-state index in [2.05, 4.69) is 53.8 Å². The molecule has 0 bridgehead atoms. The van der Waals surface area contributed by atoms with E-state index < -0.39 is 5.91 Å². The highest BCUT2D eigenvalue weighted by molar-refractivity contribution is 9.10. The number of rotatable bonds is 8. The van der Waals surface area contributed by atoms with Gasteiger partial charge in [-0.05, 0) is 63.5 Å². The van der Waals surface area contributed by atoms with Gasteiger partial charge >= 0.3 is 0 Å². The van der Waals surface area contributed by atoms with Gasteiger partial charge in [0.15, 0.2) is 0 Å². The van der Waals surface area contributed by atoms with Crippen LogP contribution in [0.15, 0.2) is 51.4 Å². The fraction of sp³-hybridized carbons (Fsp3) is 0.200. The van der Waals surface area contributed by atoms with E-state index in [1.54, 1.807) is 25.1 Å². The van der Waals surface area contributed by atoms with Gasteiger partial charge in [0.25, 0.3) is 11.8 Å². The van der Waals surface area contributed by atoms with Gasteiger partial charge in [0.2, 0.25) is 5.95 Å². The van der Waals surface area contributed by atoms with Crippen LogP contribution >= 0.6 is 15.9 Å². The zero-order valence-electron chi connectivity index (χ0n) is 20.1. The lowest BCUT2D eigenvalue weighted by Crippen LogP contribution is -2.19. The van der Waals surface area contributed by atoms with E-state index in [4.69, 9.17) is 10.2 Å². The number of halogens is 1. The number of aromatic nitrogens is 6. The number of aromatic amines is 1. The first-order valence-electron chi connectivity index (χ1n) is 11.6. The third-order valence-electron chi connectivity index (χ3n) is 5.95. The Balaban J connectivity index is 1.53. The number of hydrogen-bond donors (Lipinski definition) is 3. The van der Waals surface area contributed by atoms with E-state index in [1.165, 1.54) is 0 Å². The van der Waals surface area contributed by atoms with E-state index >= 15 is 0 Å². The number of nitrogens with two attached hydrogens (primary N) is 1. The zero-order chi connectivity index (χ0) is 26.1. The Labute approximate surface area is 219 Å². The summed E-state index contributed by atoms with van der Waals surface area (Å²) in [7, 11) is 0. The molecule has 188 valence electrons. The van der Waals surface area contributed by atoms with Gasteiger partial charge < -0.3 is 14.7 Å². The molecule has 12 heteroatoms. The first-order chi connectivity index (χ1) is 17.9. The molecule has 0 unspecified atom stereocenters. The Kier molecular flexibility index (Phi) is 6.57. The van der Waals surface area contributed by atoms with Crippen LogP contribution in [0.4, 0.5) is 5.95 Å². The Hall–Kier alpha value is -4.32. The largest absolute Gasteiger partial charge is 0.455 e. The number of aryl methyl sites for hydroxylation is 2. The van der Waals surface area contributed by atoms with E-state index in [1.807, 2.05) is 28.8 Å². The van der Waals surface area contributed by atoms with Crippen LogP contribution in [0, 0.1) is 6.92 Å². The highest BCUT2D eigenvalue weighted by Gasteiger charge is 2.22. The number of anilines is 1. The second-order valence-corrected chi connectivity index (χ2v) is 9.28. The van der Waals surface area contributed by atoms with Crippen molar-refractivity contribution < 1.29 is 14.0 Å². The van der Waals surface area contributed by atoms with Gasteiger partial charge in [0.1, 0.15) is 22.9 Å². The molecule has 0 saturated carbocycles. The maximum Gasteiger partial charge on any atom is 0.267 e. The summed E-state index contributed by atoms with van der Waals surface area (Å²) in [5.74, 6) is 0.580. The molecule has 0 aliphatic carbocycles. The smallest absolute Gasteiger partial charge is 0.267 e. The fourth-order valence-electron chi connectivity index (χ4n) is 4.36. The summed E-state index contributed by atoms with van der Waals surface area (Å²) in [5, 5.41) is 16.6. The van der Waals surface area contributed by atoms with Crippen LogP contribution in [0.1, 0.15) is 51.3 Å². The van der Waals surface area contributed by atoms with Crippen LogP contribution in [0.5, 0.6) is 0 Å². The number of fused-ring (bicyclic) bond motifs is 1. The number of primary amides is 1. The molecule has 5 rings (SSSR count). The third-order valence-corrected chi connectivity index (χ3v) is 6.74. The molecule has 0 aliphatic rings. The number of tetrazole rings is 1. The number of furan rings is 1. The number of amides is 2. The molecule has 11 nitrogen and oxygen atoms in total. The second-order valence-electron chi connectivity index (χ2n) is 8.49. The van der Waals surface area contributed by atoms with Crippen LogP contribution in [-0.2, 0) is 13.0 Å². The molecule has 3 aromatic heterocycles. The standard InChI is InChI=1S/C25H23BrN8O3/c1-3-6-19-28-13(2)21(23(27)35)34(19)12-14-9-10-18-17(11-14)20(26)22(37-18)15-7-4-5-8-16(15)24(36)29-25-30-32-33-31-25/h4-5,7-11H,3,6,12H2,1-2H3,(H2,27,35)(H2,29,30,31,32,33,36). The normalized spacial score (nSPS) is 11.2. The first-order valence-corrected chi connectivity index (χ1v) is 12.4. The fourth-order valence-corrected chi connectivity index (χ4v) is 4.97. The minimum Gasteiger partial charge on any atom is -0.455 e. The van der Waals surface area contributed by atoms with Crippen molar-refractivity contribution in [3.63, 3.8) is 0 Å². The van der Waals surface area contributed by atoms with Gasteiger partial charge in [-0.3, -0.25) is 14.9 Å². The summed E-state index contributed by atoms with van der Waals surface area (Å²) in [6.07, 6.45) is 1.63. The minimum atomic E-state index is -0.504. The van der Waals surface area contributed by atoms with Crippen molar-refractivity contribution in [1.82, 2.24) is 30.2 Å². The predicted molar refractivity (Wildman–Crippen MR) is 140 cm³/mol. The van der Waals surface area contributed by atoms with Gasteiger partial charge in [-0.25, -0.2) is 10.1 Å². The molecule has 37 heavy (non-hydrogen) atoms. The van der Waals surface area contributed by atoms with Crippen LogP contribution in [0.25, 0.3) is 22.3 Å². The van der Waals surface area contributed by atoms with Gasteiger partial charge in [0, 0.05) is 23.9 Å². The zero-order valence-corrected chi connectivity index (χ0v) is 21.7. The average molecular weight is 563 g/mol. The van der Waals surface area contributed by atoms with E-state index in [0.717, 1.165) is 29.6 Å². The van der Waals surface area contributed by atoms with Crippen molar-refractivity contribution in [1.29, 1.82) is 0 Å². The summed E-state index contributed by atoms with van der Waals surface area (Å²) in [5.41, 5.74) is 9.30. The van der Waals surface area contributed by atoms with Gasteiger partial charge in [-0.1, -0.05) is 36.3 Å². The van der Waals surface area contributed by atoms with Crippen molar-refractivity contribution in [2.24, 2.45) is 5.73 Å². The summed E-state index contributed by atoms with van der Waals surface area (Å²) in [6.45, 7) is 4.29. The molecule has 2 aromatic carbocycles. The molecule has 0 aliphatic heterocycles. The monoisotopic (exact) mass is 562 g/mol. The van der Waals surface area contributed by atoms with Crippen molar-refractivity contribution in [2.75, 3.05) is 5.32 Å². The summed E-state index contributed by atoms with van der Waals surface area (Å²) in [4.78, 5) is 29.7. The lowest BCUT2D eigenvalue weighted by atomic mass is 10.0. The number of nitrogens with zero attached hydrogens (tertiary/aromatic N) is 5. The van der Waals surface area contributed by atoms with E-state index in [-0.39, 0.29) is 11.9 Å². The highest BCUT2D eigenvalue weighted by atomic mass is 79.9. The molecular formula is C25H23BrN8O3. The average Bonchev–Trinajstić information content (AvgIpc) is 3.58. The van der Waals surface area contributed by atoms with Crippen molar-refractivity contribution >= 4 is 44.7 Å². The quantitative estimate of drug-likeness (QED) is 0.255. The van der Waals surface area contributed by atoms with Crippen molar-refractivity contribution in [2.45, 2.75) is 33.2 Å². The number of hydrogen-bond acceptors (Lipinski definition) is 7. The van der Waals surface area contributed by atoms with Crippen molar-refractivity contribution in [3.8, 4) is 11.3 Å². The molecule has 2 amide bonds. The lowest BCUT2D eigenvalue weighted by molar-refractivity contribution is 0.0989. The van der Waals surface area contributed by atoms with Gasteiger partial charge in [0.05, 0.1) is 15.7 Å². The summed E-state index contributed by atoms with van der Waals surface area (Å²) in [6, 6.07) is 12.9. The second kappa shape index (κ2) is 9.97. The van der Waals surface area contributed by atoms with Gasteiger partial charge in [-0.2, -0.15) is 0 Å². The number of benzene rings is 2. The third kappa shape index (κ3) is 4.62. The van der Waals surface area contributed by atoms with E-state index in [9.17, 15) is 9.59 Å². The molecule has 0 fully saturated rings. The molecule has 4 N–H and O–H groups in total. The number of carbonyl (C=O) groups excluding carboxylic acids is 2. The number of H-pyrrole nitrogens is 1. The number of carbonyl (C=O) groups is 2.